The van der Waals surface area contributed by atoms with Crippen LogP contribution in [0.15, 0.2) is 57.6 Å². The van der Waals surface area contributed by atoms with Crippen molar-refractivity contribution in [3.8, 4) is 10.4 Å². The Kier molecular flexibility index (Phi) is 11.8. The molecule has 1 aromatic carbocycles. The quantitative estimate of drug-likeness (QED) is 0.270. The summed E-state index contributed by atoms with van der Waals surface area (Å²) >= 11 is 4.85. The van der Waals surface area contributed by atoms with E-state index in [0.717, 1.165) is 33.8 Å². The Labute approximate surface area is 261 Å². The molecule has 1 aliphatic rings. The van der Waals surface area contributed by atoms with E-state index in [2.05, 4.69) is 43.1 Å². The molecule has 0 bridgehead atoms. The van der Waals surface area contributed by atoms with Crippen molar-refractivity contribution < 1.29 is 14.4 Å². The summed E-state index contributed by atoms with van der Waals surface area (Å²) in [5.74, 6) is -0.648. The lowest BCUT2D eigenvalue weighted by Crippen LogP contribution is -2.57. The number of carbonyl (C=O) groups is 3. The highest BCUT2D eigenvalue weighted by atomic mass is 79.9. The highest BCUT2D eigenvalue weighted by Gasteiger charge is 2.42. The SMILES string of the molecule is C=C(Br)C=N/C(=C\C)CCC(=O)N[C@H](C(=O)N1CCC[C@H]1C(=O)N[C@@H](C)c1ccc(-c2scnc2C)cc1)C(C)(C)C. The predicted molar refractivity (Wildman–Crippen MR) is 175 cm³/mol. The van der Waals surface area contributed by atoms with Gasteiger partial charge in [-0.25, -0.2) is 4.98 Å². The van der Waals surface area contributed by atoms with Gasteiger partial charge in [0.05, 0.1) is 22.1 Å². The third-order valence-electron chi connectivity index (χ3n) is 7.35. The maximum atomic E-state index is 13.8. The summed E-state index contributed by atoms with van der Waals surface area (Å²) in [6, 6.07) is 6.55. The van der Waals surface area contributed by atoms with Crippen molar-refractivity contribution in [1.82, 2.24) is 20.5 Å². The minimum Gasteiger partial charge on any atom is -0.348 e. The molecule has 1 saturated heterocycles. The fraction of sp³-hybridized carbons (Fsp3) is 0.469. The molecule has 1 fully saturated rings. The zero-order chi connectivity index (χ0) is 31.0. The van der Waals surface area contributed by atoms with Crippen molar-refractivity contribution in [1.29, 1.82) is 0 Å². The second-order valence-electron chi connectivity index (χ2n) is 11.7. The molecule has 3 rings (SSSR count). The first-order valence-electron chi connectivity index (χ1n) is 14.3. The molecule has 1 aromatic heterocycles. The number of hydrogen-bond acceptors (Lipinski definition) is 6. The van der Waals surface area contributed by atoms with E-state index in [1.807, 2.05) is 77.4 Å². The van der Waals surface area contributed by atoms with Crippen molar-refractivity contribution >= 4 is 51.2 Å². The van der Waals surface area contributed by atoms with Crippen LogP contribution < -0.4 is 10.6 Å². The number of aromatic nitrogens is 1. The zero-order valence-electron chi connectivity index (χ0n) is 25.4. The fourth-order valence-corrected chi connectivity index (χ4v) is 5.84. The first-order chi connectivity index (χ1) is 19.8. The van der Waals surface area contributed by atoms with Gasteiger partial charge in [0.2, 0.25) is 17.7 Å². The van der Waals surface area contributed by atoms with Crippen LogP contribution in [0.5, 0.6) is 0 Å². The highest BCUT2D eigenvalue weighted by molar-refractivity contribution is 9.12. The molecule has 10 heteroatoms. The highest BCUT2D eigenvalue weighted by Crippen LogP contribution is 2.29. The number of carbonyl (C=O) groups excluding carboxylic acids is 3. The first-order valence-corrected chi connectivity index (χ1v) is 15.9. The zero-order valence-corrected chi connectivity index (χ0v) is 27.8. The van der Waals surface area contributed by atoms with Crippen LogP contribution in [0.25, 0.3) is 10.4 Å². The molecule has 3 atom stereocenters. The Morgan fingerprint density at radius 2 is 1.90 bits per heavy atom. The molecule has 42 heavy (non-hydrogen) atoms. The minimum absolute atomic E-state index is 0.182. The first kappa shape index (κ1) is 33.4. The normalized spacial score (nSPS) is 17.3. The van der Waals surface area contributed by atoms with Crippen LogP contribution in [0.3, 0.4) is 0 Å². The van der Waals surface area contributed by atoms with Gasteiger partial charge in [-0.2, -0.15) is 0 Å². The van der Waals surface area contributed by atoms with Crippen LogP contribution in [0.1, 0.15) is 77.6 Å². The number of likely N-dealkylation sites (tertiary alicyclic amines) is 1. The van der Waals surface area contributed by atoms with Gasteiger partial charge in [0.1, 0.15) is 12.1 Å². The van der Waals surface area contributed by atoms with Crippen LogP contribution >= 0.6 is 27.3 Å². The number of thiazole rings is 1. The van der Waals surface area contributed by atoms with E-state index in [1.54, 1.807) is 22.5 Å². The van der Waals surface area contributed by atoms with Gasteiger partial charge in [-0.1, -0.05) is 57.7 Å². The smallest absolute Gasteiger partial charge is 0.246 e. The molecule has 0 aliphatic carbocycles. The van der Waals surface area contributed by atoms with E-state index in [-0.39, 0.29) is 30.2 Å². The number of aryl methyl sites for hydroxylation is 1. The van der Waals surface area contributed by atoms with E-state index >= 15 is 0 Å². The molecule has 1 aliphatic heterocycles. The second-order valence-corrected chi connectivity index (χ2v) is 13.5. The summed E-state index contributed by atoms with van der Waals surface area (Å²) in [6.07, 6.45) is 5.37. The molecule has 8 nitrogen and oxygen atoms in total. The molecule has 3 amide bonds. The third-order valence-corrected chi connectivity index (χ3v) is 8.53. The van der Waals surface area contributed by atoms with Gasteiger partial charge in [0.25, 0.3) is 0 Å². The monoisotopic (exact) mass is 655 g/mol. The molecular formula is C32H42BrN5O3S. The largest absolute Gasteiger partial charge is 0.348 e. The third kappa shape index (κ3) is 8.94. The summed E-state index contributed by atoms with van der Waals surface area (Å²) in [6.45, 7) is 15.8. The Morgan fingerprint density at radius 1 is 1.21 bits per heavy atom. The number of aliphatic imine (C=N–C) groups is 1. The Hall–Kier alpha value is -3.11. The molecule has 0 unspecified atom stereocenters. The van der Waals surface area contributed by atoms with Crippen molar-refractivity contribution in [2.75, 3.05) is 6.54 Å². The van der Waals surface area contributed by atoms with E-state index in [9.17, 15) is 14.4 Å². The number of hydrogen-bond donors (Lipinski definition) is 2. The minimum atomic E-state index is -0.765. The summed E-state index contributed by atoms with van der Waals surface area (Å²) in [7, 11) is 0. The number of halogens is 1. The van der Waals surface area contributed by atoms with Crippen LogP contribution in [0.2, 0.25) is 0 Å². The van der Waals surface area contributed by atoms with Crippen molar-refractivity contribution in [3.05, 3.63) is 63.9 Å². The lowest BCUT2D eigenvalue weighted by Gasteiger charge is -2.35. The number of amides is 3. The van der Waals surface area contributed by atoms with E-state index in [0.29, 0.717) is 23.9 Å². The molecule has 2 N–H and O–H groups in total. The standard InChI is InChI=1S/C32H42BrN5O3S/c1-8-25(34-18-20(2)33)15-16-27(39)37-29(32(5,6)7)31(41)38-17-9-10-26(38)30(40)36-21(3)23-11-13-24(14-12-23)28-22(4)35-19-42-28/h8,11-14,18-19,21,26,29H,2,9-10,15-17H2,1,3-7H3,(H,36,40)(H,37,39)/b25-8-,34-18?/t21-,26-,29+/m0/s1. The second kappa shape index (κ2) is 14.9. The van der Waals surface area contributed by atoms with Crippen LogP contribution in [0, 0.1) is 12.3 Å². The van der Waals surface area contributed by atoms with Gasteiger partial charge in [0, 0.05) is 29.4 Å². The molecular weight excluding hydrogens is 614 g/mol. The van der Waals surface area contributed by atoms with Crippen molar-refractivity contribution in [2.45, 2.75) is 85.4 Å². The van der Waals surface area contributed by atoms with Gasteiger partial charge in [-0.15, -0.1) is 11.3 Å². The fourth-order valence-electron chi connectivity index (χ4n) is 4.92. The van der Waals surface area contributed by atoms with Crippen LogP contribution in [-0.4, -0.2) is 52.4 Å². The molecule has 2 aromatic rings. The van der Waals surface area contributed by atoms with Crippen LogP contribution in [0.4, 0.5) is 0 Å². The average Bonchev–Trinajstić information content (AvgIpc) is 3.60. The Morgan fingerprint density at radius 3 is 2.48 bits per heavy atom. The van der Waals surface area contributed by atoms with E-state index in [1.165, 1.54) is 0 Å². The van der Waals surface area contributed by atoms with Gasteiger partial charge in [-0.05, 0) is 72.5 Å². The number of benzene rings is 1. The lowest BCUT2D eigenvalue weighted by molar-refractivity contribution is -0.144. The van der Waals surface area contributed by atoms with Gasteiger partial charge < -0.3 is 15.5 Å². The maximum absolute atomic E-state index is 13.8. The van der Waals surface area contributed by atoms with Gasteiger partial charge >= 0.3 is 0 Å². The lowest BCUT2D eigenvalue weighted by atomic mass is 9.85. The predicted octanol–water partition coefficient (Wildman–Crippen LogP) is 6.48. The average molecular weight is 657 g/mol. The number of nitrogens with one attached hydrogen (secondary N) is 2. The maximum Gasteiger partial charge on any atom is 0.246 e. The summed E-state index contributed by atoms with van der Waals surface area (Å²) < 4.78 is 0.642. The number of nitrogens with zero attached hydrogens (tertiary/aromatic N) is 3. The van der Waals surface area contributed by atoms with E-state index in [4.69, 9.17) is 0 Å². The molecule has 0 saturated carbocycles. The molecule has 2 heterocycles. The Balaban J connectivity index is 1.65. The number of rotatable bonds is 11. The molecule has 0 spiro atoms. The summed E-state index contributed by atoms with van der Waals surface area (Å²) in [5.41, 5.74) is 5.12. The topological polar surface area (TPSA) is 104 Å². The Bertz CT molecular complexity index is 1340. The van der Waals surface area contributed by atoms with Crippen LogP contribution in [-0.2, 0) is 14.4 Å². The van der Waals surface area contributed by atoms with E-state index < -0.39 is 17.5 Å². The summed E-state index contributed by atoms with van der Waals surface area (Å²) in [4.78, 5) is 51.6. The number of allylic oxidation sites excluding steroid dienone is 3. The molecule has 0 radical (unpaired) electrons. The van der Waals surface area contributed by atoms with Crippen molar-refractivity contribution in [3.63, 3.8) is 0 Å². The van der Waals surface area contributed by atoms with Gasteiger partial charge in [0.15, 0.2) is 0 Å². The molecule has 226 valence electrons. The van der Waals surface area contributed by atoms with Crippen molar-refractivity contribution in [2.24, 2.45) is 10.4 Å². The van der Waals surface area contributed by atoms with Gasteiger partial charge in [-0.3, -0.25) is 19.4 Å². The summed E-state index contributed by atoms with van der Waals surface area (Å²) in [5, 5.41) is 6.06.